The van der Waals surface area contributed by atoms with Gasteiger partial charge < -0.3 is 30.3 Å². The first-order valence-electron chi connectivity index (χ1n) is 10.2. The number of esters is 1. The molecule has 0 spiro atoms. The number of nitrogens with zero attached hydrogens (tertiary/aromatic N) is 1. The third-order valence-electron chi connectivity index (χ3n) is 3.99. The third-order valence-corrected chi connectivity index (χ3v) is 4.24. The molecular weight excluding hydrogens is 404 g/mol. The van der Waals surface area contributed by atoms with Gasteiger partial charge in [-0.25, -0.2) is 9.59 Å². The van der Waals surface area contributed by atoms with Crippen LogP contribution in [0, 0.1) is 0 Å². The van der Waals surface area contributed by atoms with E-state index in [2.05, 4.69) is 34.7 Å². The molecule has 0 atom stereocenters. The number of benzene rings is 1. The summed E-state index contributed by atoms with van der Waals surface area (Å²) in [6, 6.07) is 6.89. The van der Waals surface area contributed by atoms with Crippen molar-refractivity contribution in [3.63, 3.8) is 0 Å². The van der Waals surface area contributed by atoms with Gasteiger partial charge in [0.25, 0.3) is 0 Å². The van der Waals surface area contributed by atoms with E-state index < -0.39 is 11.7 Å². The van der Waals surface area contributed by atoms with Crippen molar-refractivity contribution in [2.75, 3.05) is 44.6 Å². The molecule has 1 rings (SSSR count). The highest BCUT2D eigenvalue weighted by molar-refractivity contribution is 7.80. The summed E-state index contributed by atoms with van der Waals surface area (Å²) >= 11 is 5.23. The number of carbonyl (C=O) groups excluding carboxylic acids is 2. The maximum absolute atomic E-state index is 12.1. The summed E-state index contributed by atoms with van der Waals surface area (Å²) in [5.41, 5.74) is 0.700. The Kier molecular flexibility index (Phi) is 11.1. The molecule has 0 fully saturated rings. The molecule has 0 radical (unpaired) electrons. The smallest absolute Gasteiger partial charge is 0.407 e. The van der Waals surface area contributed by atoms with E-state index in [9.17, 15) is 9.59 Å². The Balaban J connectivity index is 2.32. The Morgan fingerprint density at radius 2 is 1.63 bits per heavy atom. The van der Waals surface area contributed by atoms with Crippen LogP contribution in [0.15, 0.2) is 24.3 Å². The second kappa shape index (κ2) is 13.0. The number of carbonyl (C=O) groups is 2. The predicted molar refractivity (Wildman–Crippen MR) is 123 cm³/mol. The van der Waals surface area contributed by atoms with E-state index in [0.717, 1.165) is 25.3 Å². The zero-order valence-electron chi connectivity index (χ0n) is 18.5. The van der Waals surface area contributed by atoms with Gasteiger partial charge in [0, 0.05) is 25.3 Å². The summed E-state index contributed by atoms with van der Waals surface area (Å²) in [6.07, 6.45) is -0.470. The predicted octanol–water partition coefficient (Wildman–Crippen LogP) is 3.00. The number of alkyl carbamates (subject to hydrolysis) is 1. The van der Waals surface area contributed by atoms with Crippen molar-refractivity contribution >= 4 is 35.1 Å². The highest BCUT2D eigenvalue weighted by Crippen LogP contribution is 2.10. The third kappa shape index (κ3) is 11.0. The normalized spacial score (nSPS) is 11.0. The summed E-state index contributed by atoms with van der Waals surface area (Å²) in [7, 11) is 0. The van der Waals surface area contributed by atoms with Gasteiger partial charge in [0.05, 0.1) is 5.56 Å². The number of amides is 1. The van der Waals surface area contributed by atoms with Crippen LogP contribution in [0.2, 0.25) is 0 Å². The number of thiocarbonyl (C=S) groups is 1. The Bertz CT molecular complexity index is 685. The molecule has 0 heterocycles. The Labute approximate surface area is 184 Å². The molecular formula is C21H34N4O4S. The van der Waals surface area contributed by atoms with Crippen LogP contribution in [0.1, 0.15) is 45.0 Å². The minimum atomic E-state index is -0.529. The molecule has 168 valence electrons. The zero-order chi connectivity index (χ0) is 22.6. The van der Waals surface area contributed by atoms with Gasteiger partial charge in [0.1, 0.15) is 12.2 Å². The maximum Gasteiger partial charge on any atom is 0.407 e. The van der Waals surface area contributed by atoms with E-state index >= 15 is 0 Å². The molecule has 0 bridgehead atoms. The SMILES string of the molecule is CCN(CC)CCOC(=O)c1ccc(NC(=S)NCCNC(=O)OC(C)(C)C)cc1. The number of anilines is 1. The molecule has 0 aliphatic heterocycles. The largest absolute Gasteiger partial charge is 0.461 e. The van der Waals surface area contributed by atoms with Crippen molar-refractivity contribution in [2.45, 2.75) is 40.2 Å². The zero-order valence-corrected chi connectivity index (χ0v) is 19.4. The lowest BCUT2D eigenvalue weighted by molar-refractivity contribution is 0.0465. The summed E-state index contributed by atoms with van der Waals surface area (Å²) in [5.74, 6) is -0.345. The van der Waals surface area contributed by atoms with Crippen LogP contribution in [0.5, 0.6) is 0 Å². The van der Waals surface area contributed by atoms with Crippen molar-refractivity contribution in [1.82, 2.24) is 15.5 Å². The van der Waals surface area contributed by atoms with Crippen molar-refractivity contribution in [3.8, 4) is 0 Å². The van der Waals surface area contributed by atoms with Gasteiger partial charge in [0.2, 0.25) is 0 Å². The van der Waals surface area contributed by atoms with E-state index in [4.69, 9.17) is 21.7 Å². The van der Waals surface area contributed by atoms with Crippen LogP contribution in [0.3, 0.4) is 0 Å². The maximum atomic E-state index is 12.1. The quantitative estimate of drug-likeness (QED) is 0.292. The molecule has 0 aliphatic carbocycles. The molecule has 0 saturated heterocycles. The first-order chi connectivity index (χ1) is 14.1. The fraction of sp³-hybridized carbons (Fsp3) is 0.571. The lowest BCUT2D eigenvalue weighted by Gasteiger charge is -2.19. The van der Waals surface area contributed by atoms with Crippen molar-refractivity contribution in [2.24, 2.45) is 0 Å². The molecule has 1 aromatic rings. The molecule has 1 aromatic carbocycles. The van der Waals surface area contributed by atoms with E-state index in [1.165, 1.54) is 0 Å². The van der Waals surface area contributed by atoms with Gasteiger partial charge >= 0.3 is 12.1 Å². The fourth-order valence-corrected chi connectivity index (χ4v) is 2.63. The molecule has 9 heteroatoms. The molecule has 0 unspecified atom stereocenters. The molecule has 0 aliphatic rings. The van der Waals surface area contributed by atoms with Crippen LogP contribution in [0.4, 0.5) is 10.5 Å². The van der Waals surface area contributed by atoms with Crippen LogP contribution < -0.4 is 16.0 Å². The minimum Gasteiger partial charge on any atom is -0.461 e. The van der Waals surface area contributed by atoms with E-state index in [0.29, 0.717) is 30.4 Å². The fourth-order valence-electron chi connectivity index (χ4n) is 2.41. The summed E-state index contributed by atoms with van der Waals surface area (Å²) in [6.45, 7) is 13.3. The average Bonchev–Trinajstić information content (AvgIpc) is 2.67. The van der Waals surface area contributed by atoms with E-state index in [1.807, 2.05) is 0 Å². The van der Waals surface area contributed by atoms with Gasteiger partial charge in [-0.1, -0.05) is 13.8 Å². The van der Waals surface area contributed by atoms with Crippen LogP contribution in [-0.2, 0) is 9.47 Å². The molecule has 0 aromatic heterocycles. The van der Waals surface area contributed by atoms with Crippen LogP contribution in [-0.4, -0.2) is 67.0 Å². The molecule has 8 nitrogen and oxygen atoms in total. The number of hydrogen-bond donors (Lipinski definition) is 3. The van der Waals surface area contributed by atoms with Gasteiger partial charge in [-0.15, -0.1) is 0 Å². The second-order valence-corrected chi connectivity index (χ2v) is 7.96. The second-order valence-electron chi connectivity index (χ2n) is 7.55. The molecule has 3 N–H and O–H groups in total. The lowest BCUT2D eigenvalue weighted by atomic mass is 10.2. The molecule has 1 amide bonds. The summed E-state index contributed by atoms with van der Waals surface area (Å²) < 4.78 is 10.5. The first-order valence-corrected chi connectivity index (χ1v) is 10.6. The van der Waals surface area contributed by atoms with Gasteiger partial charge in [-0.3, -0.25) is 0 Å². The van der Waals surface area contributed by atoms with Crippen molar-refractivity contribution in [1.29, 1.82) is 0 Å². The lowest BCUT2D eigenvalue weighted by Crippen LogP contribution is -2.39. The Morgan fingerprint density at radius 1 is 1.03 bits per heavy atom. The molecule has 30 heavy (non-hydrogen) atoms. The standard InChI is InChI=1S/C21H34N4O4S/c1-6-25(7-2)14-15-28-18(26)16-8-10-17(11-9-16)24-19(30)22-12-13-23-20(27)29-21(3,4)5/h8-11H,6-7,12-15H2,1-5H3,(H,23,27)(H2,22,24,30). The first kappa shape index (κ1) is 25.6. The average molecular weight is 439 g/mol. The van der Waals surface area contributed by atoms with Crippen molar-refractivity contribution in [3.05, 3.63) is 29.8 Å². The number of ether oxygens (including phenoxy) is 2. The summed E-state index contributed by atoms with van der Waals surface area (Å²) in [5, 5.41) is 9.07. The monoisotopic (exact) mass is 438 g/mol. The van der Waals surface area contributed by atoms with Gasteiger partial charge in [-0.05, 0) is 70.3 Å². The Hall–Kier alpha value is -2.39. The van der Waals surface area contributed by atoms with E-state index in [1.54, 1.807) is 45.0 Å². The number of nitrogens with one attached hydrogen (secondary N) is 3. The van der Waals surface area contributed by atoms with Gasteiger partial charge in [-0.2, -0.15) is 0 Å². The Morgan fingerprint density at radius 3 is 2.20 bits per heavy atom. The summed E-state index contributed by atoms with van der Waals surface area (Å²) in [4.78, 5) is 25.9. The number of rotatable bonds is 10. The number of hydrogen-bond acceptors (Lipinski definition) is 6. The van der Waals surface area contributed by atoms with Gasteiger partial charge in [0.15, 0.2) is 5.11 Å². The highest BCUT2D eigenvalue weighted by Gasteiger charge is 2.15. The minimum absolute atomic E-state index is 0.345. The van der Waals surface area contributed by atoms with Crippen LogP contribution >= 0.6 is 12.2 Å². The van der Waals surface area contributed by atoms with Crippen LogP contribution in [0.25, 0.3) is 0 Å². The highest BCUT2D eigenvalue weighted by atomic mass is 32.1. The molecule has 0 saturated carbocycles. The topological polar surface area (TPSA) is 91.9 Å². The van der Waals surface area contributed by atoms with E-state index in [-0.39, 0.29) is 5.97 Å². The number of likely N-dealkylation sites (N-methyl/N-ethyl adjacent to an activating group) is 1. The van der Waals surface area contributed by atoms with Crippen molar-refractivity contribution < 1.29 is 19.1 Å².